The van der Waals surface area contributed by atoms with Crippen LogP contribution in [0.3, 0.4) is 0 Å². The fourth-order valence-corrected chi connectivity index (χ4v) is 6.22. The number of hydrogen-bond donors (Lipinski definition) is 11. The van der Waals surface area contributed by atoms with Gasteiger partial charge in [0.05, 0.1) is 20.3 Å². The van der Waals surface area contributed by atoms with Crippen molar-refractivity contribution in [1.82, 2.24) is 0 Å². The lowest BCUT2D eigenvalue weighted by Gasteiger charge is -2.46. The molecule has 2 aliphatic rings. The molecule has 0 unspecified atom stereocenters. The van der Waals surface area contributed by atoms with Crippen LogP contribution in [0.5, 0.6) is 40.2 Å². The normalized spacial score (nSPS) is 27.7. The first-order valence-corrected chi connectivity index (χ1v) is 17.0. The first kappa shape index (κ1) is 41.0. The maximum Gasteiger partial charge on any atom is 0.331 e. The number of fused-ring (bicyclic) bond motifs is 1. The van der Waals surface area contributed by atoms with E-state index in [1.54, 1.807) is 0 Å². The molecule has 20 nitrogen and oxygen atoms in total. The van der Waals surface area contributed by atoms with Crippen molar-refractivity contribution in [2.24, 2.45) is 0 Å². The fourth-order valence-electron chi connectivity index (χ4n) is 6.22. The molecule has 6 rings (SSSR count). The van der Waals surface area contributed by atoms with Gasteiger partial charge in [-0.15, -0.1) is 0 Å². The summed E-state index contributed by atoms with van der Waals surface area (Å²) in [5, 5.41) is 114. The molecule has 3 heterocycles. The molecule has 2 fully saturated rings. The van der Waals surface area contributed by atoms with Crippen LogP contribution in [-0.4, -0.2) is 144 Å². The first-order valence-electron chi connectivity index (χ1n) is 17.0. The zero-order valence-electron chi connectivity index (χ0n) is 29.6. The van der Waals surface area contributed by atoms with Crippen LogP contribution in [0, 0.1) is 0 Å². The van der Waals surface area contributed by atoms with Gasteiger partial charge in [0.25, 0.3) is 0 Å². The summed E-state index contributed by atoms with van der Waals surface area (Å²) in [5.74, 6) is -4.98. The van der Waals surface area contributed by atoms with E-state index in [4.69, 9.17) is 32.8 Å². The number of aliphatic hydroxyl groups excluding tert-OH is 6. The number of aliphatic hydroxyl groups is 6. The average Bonchev–Trinajstić information content (AvgIpc) is 3.18. The van der Waals surface area contributed by atoms with Gasteiger partial charge in [-0.05, 0) is 42.0 Å². The summed E-state index contributed by atoms with van der Waals surface area (Å²) in [6.07, 6.45) is -16.9. The van der Waals surface area contributed by atoms with E-state index in [2.05, 4.69) is 0 Å². The monoisotopic (exact) mass is 802 g/mol. The molecular weight excluding hydrogens is 764 g/mol. The Balaban J connectivity index is 1.38. The summed E-state index contributed by atoms with van der Waals surface area (Å²) >= 11 is 0. The van der Waals surface area contributed by atoms with Gasteiger partial charge in [0, 0.05) is 23.8 Å². The van der Waals surface area contributed by atoms with Crippen molar-refractivity contribution in [3.8, 4) is 51.6 Å². The molecule has 0 amide bonds. The standard InChI is InChI=1S/C37H38O20/c1-51-21-8-14(2-5-18(21)42)3-7-25(45)55-34-30(49)27(46)23(12-38)53-36(34)57-35-31(50)28(47)24(13-39)54-37(35)56-33-29(48)26-20(44)10-16(40)11-22(26)52-32(33)15-4-6-17(41)19(43)9-15/h2-11,23-24,27-28,30-31,34-44,46-47,49-50H,12-13H2,1H3/t23-,24-,27-,28-,30+,31+,34-,35-,36+,37+/m1/s1. The molecule has 2 aliphatic heterocycles. The van der Waals surface area contributed by atoms with E-state index in [1.165, 1.54) is 37.5 Å². The fraction of sp³-hybridized carbons (Fsp3) is 0.351. The molecule has 0 aliphatic carbocycles. The van der Waals surface area contributed by atoms with Crippen LogP contribution >= 0.6 is 0 Å². The van der Waals surface area contributed by atoms with E-state index in [1.807, 2.05) is 0 Å². The Morgan fingerprint density at radius 1 is 0.754 bits per heavy atom. The second-order valence-corrected chi connectivity index (χ2v) is 12.9. The van der Waals surface area contributed by atoms with Gasteiger partial charge in [0.1, 0.15) is 59.1 Å². The highest BCUT2D eigenvalue weighted by Crippen LogP contribution is 2.40. The maximum absolute atomic E-state index is 14.0. The first-order chi connectivity index (χ1) is 27.1. The third-order valence-corrected chi connectivity index (χ3v) is 9.20. The zero-order chi connectivity index (χ0) is 41.3. The Morgan fingerprint density at radius 2 is 1.40 bits per heavy atom. The maximum atomic E-state index is 14.0. The van der Waals surface area contributed by atoms with E-state index in [-0.39, 0.29) is 22.6 Å². The molecule has 4 aromatic rings. The van der Waals surface area contributed by atoms with Gasteiger partial charge in [0.15, 0.2) is 47.3 Å². The molecule has 10 atom stereocenters. The highest BCUT2D eigenvalue weighted by Gasteiger charge is 2.53. The number of hydrogen-bond acceptors (Lipinski definition) is 20. The average molecular weight is 803 g/mol. The largest absolute Gasteiger partial charge is 0.508 e. The zero-order valence-corrected chi connectivity index (χ0v) is 29.6. The molecule has 11 N–H and O–H groups in total. The van der Waals surface area contributed by atoms with E-state index >= 15 is 0 Å². The number of carbonyl (C=O) groups is 1. The van der Waals surface area contributed by atoms with Crippen LogP contribution in [0.2, 0.25) is 0 Å². The number of rotatable bonds is 11. The third-order valence-electron chi connectivity index (χ3n) is 9.20. The predicted molar refractivity (Wildman–Crippen MR) is 189 cm³/mol. The van der Waals surface area contributed by atoms with Gasteiger partial charge in [-0.2, -0.15) is 0 Å². The molecule has 2 saturated heterocycles. The molecule has 3 aromatic carbocycles. The molecule has 1 aromatic heterocycles. The number of carbonyl (C=O) groups excluding carboxylic acids is 1. The Kier molecular flexibility index (Phi) is 12.1. The van der Waals surface area contributed by atoms with Gasteiger partial charge in [-0.3, -0.25) is 4.79 Å². The predicted octanol–water partition coefficient (Wildman–Crippen LogP) is -0.736. The van der Waals surface area contributed by atoms with Crippen molar-refractivity contribution in [2.45, 2.75) is 61.4 Å². The number of phenols is 5. The van der Waals surface area contributed by atoms with Crippen molar-refractivity contribution in [3.05, 3.63) is 70.4 Å². The molecule has 0 bridgehead atoms. The Bertz CT molecular complexity index is 2180. The lowest BCUT2D eigenvalue weighted by atomic mass is 9.97. The summed E-state index contributed by atoms with van der Waals surface area (Å²) < 4.78 is 39.5. The minimum Gasteiger partial charge on any atom is -0.508 e. The number of methoxy groups -OCH3 is 1. The van der Waals surface area contributed by atoms with Crippen LogP contribution in [-0.2, 0) is 23.7 Å². The molecule has 0 radical (unpaired) electrons. The SMILES string of the molecule is COc1cc(C=CC(=O)O[C@H]2[C@H](O[C@H]3[C@H](Oc4c(-c5ccc(O)c(O)c5)oc5cc(O)cc(O)c5c4=O)O[C@H](CO)[C@@H](O)[C@@H]3O)O[C@H](CO)[C@@H](O)[C@@H]2O)ccc1O. The molecular formula is C37H38O20. The van der Waals surface area contributed by atoms with Crippen LogP contribution in [0.4, 0.5) is 0 Å². The van der Waals surface area contributed by atoms with Gasteiger partial charge < -0.3 is 89.0 Å². The summed E-state index contributed by atoms with van der Waals surface area (Å²) in [6, 6.07) is 9.17. The second-order valence-electron chi connectivity index (χ2n) is 12.9. The summed E-state index contributed by atoms with van der Waals surface area (Å²) in [7, 11) is 1.31. The highest BCUT2D eigenvalue weighted by atomic mass is 16.8. The van der Waals surface area contributed by atoms with E-state index in [0.717, 1.165) is 30.3 Å². The number of aromatic hydroxyl groups is 5. The van der Waals surface area contributed by atoms with Crippen molar-refractivity contribution in [3.63, 3.8) is 0 Å². The topological polar surface area (TPSA) is 325 Å². The van der Waals surface area contributed by atoms with Crippen LogP contribution in [0.25, 0.3) is 28.4 Å². The minimum atomic E-state index is -2.08. The lowest BCUT2D eigenvalue weighted by Crippen LogP contribution is -2.65. The van der Waals surface area contributed by atoms with E-state index in [0.29, 0.717) is 5.56 Å². The quantitative estimate of drug-likeness (QED) is 0.0505. The Hall–Kier alpha value is -5.68. The summed E-state index contributed by atoms with van der Waals surface area (Å²) in [4.78, 5) is 27.1. The molecule has 57 heavy (non-hydrogen) atoms. The van der Waals surface area contributed by atoms with Crippen molar-refractivity contribution < 1.29 is 93.8 Å². The highest BCUT2D eigenvalue weighted by molar-refractivity contribution is 5.89. The van der Waals surface area contributed by atoms with E-state index in [9.17, 15) is 65.8 Å². The van der Waals surface area contributed by atoms with Gasteiger partial charge in [0.2, 0.25) is 17.5 Å². The number of ether oxygens (including phenoxy) is 6. The smallest absolute Gasteiger partial charge is 0.331 e. The van der Waals surface area contributed by atoms with E-state index < -0.39 is 126 Å². The van der Waals surface area contributed by atoms with Crippen LogP contribution in [0.15, 0.2) is 63.8 Å². The van der Waals surface area contributed by atoms with Crippen molar-refractivity contribution in [2.75, 3.05) is 20.3 Å². The summed E-state index contributed by atoms with van der Waals surface area (Å²) in [5.41, 5.74) is -1.22. The second kappa shape index (κ2) is 16.8. The number of esters is 1. The van der Waals surface area contributed by atoms with Crippen molar-refractivity contribution >= 4 is 23.0 Å². The third kappa shape index (κ3) is 8.25. The van der Waals surface area contributed by atoms with Gasteiger partial charge in [-0.25, -0.2) is 4.79 Å². The van der Waals surface area contributed by atoms with Crippen LogP contribution < -0.4 is 14.9 Å². The minimum absolute atomic E-state index is 0.0924. The molecule has 306 valence electrons. The van der Waals surface area contributed by atoms with Crippen molar-refractivity contribution in [1.29, 1.82) is 0 Å². The van der Waals surface area contributed by atoms with Crippen LogP contribution in [0.1, 0.15) is 5.56 Å². The Morgan fingerprint density at radius 3 is 2.05 bits per heavy atom. The van der Waals surface area contributed by atoms with Gasteiger partial charge >= 0.3 is 5.97 Å². The number of benzene rings is 3. The summed E-state index contributed by atoms with van der Waals surface area (Å²) in [6.45, 7) is -1.83. The molecule has 0 saturated carbocycles. The lowest BCUT2D eigenvalue weighted by molar-refractivity contribution is -0.358. The number of phenolic OH excluding ortho intramolecular Hbond substituents is 5. The molecule has 20 heteroatoms. The van der Waals surface area contributed by atoms with Gasteiger partial charge in [-0.1, -0.05) is 6.07 Å². The molecule has 0 spiro atoms. The Labute approximate surface area is 320 Å².